The largest absolute Gasteiger partial charge is 0.325 e. The van der Waals surface area contributed by atoms with Gasteiger partial charge in [-0.1, -0.05) is 13.0 Å². The Hall–Kier alpha value is -1.46. The number of likely N-dealkylation sites (tertiary alicyclic amines) is 1. The fraction of sp³-hybridized carbons (Fsp3) is 0.562. The number of halogens is 1. The maximum Gasteiger partial charge on any atom is 0.238 e. The number of piperidine rings is 1. The first-order valence-electron chi connectivity index (χ1n) is 7.66. The van der Waals surface area contributed by atoms with E-state index in [1.165, 1.54) is 12.1 Å². The number of hydrogen-bond donors (Lipinski definition) is 2. The molecule has 1 amide bonds. The van der Waals surface area contributed by atoms with Gasteiger partial charge in [0.25, 0.3) is 0 Å². The Morgan fingerprint density at radius 2 is 2.14 bits per heavy atom. The Labute approximate surface area is 125 Å². The monoisotopic (exact) mass is 293 g/mol. The summed E-state index contributed by atoms with van der Waals surface area (Å²) in [6.07, 6.45) is 2.25. The van der Waals surface area contributed by atoms with Crippen LogP contribution in [0, 0.1) is 11.7 Å². The van der Waals surface area contributed by atoms with E-state index in [4.69, 9.17) is 0 Å². The molecule has 1 fully saturated rings. The highest BCUT2D eigenvalue weighted by Crippen LogP contribution is 2.16. The van der Waals surface area contributed by atoms with Crippen molar-refractivity contribution in [3.63, 3.8) is 0 Å². The number of anilines is 1. The normalized spacial score (nSPS) is 16.9. The Morgan fingerprint density at radius 3 is 2.81 bits per heavy atom. The molecule has 4 nitrogen and oxygen atoms in total. The molecule has 0 atom stereocenters. The van der Waals surface area contributed by atoms with Crippen LogP contribution >= 0.6 is 0 Å². The van der Waals surface area contributed by atoms with Gasteiger partial charge in [-0.2, -0.15) is 0 Å². The molecular weight excluding hydrogens is 269 g/mol. The minimum Gasteiger partial charge on any atom is -0.325 e. The second kappa shape index (κ2) is 8.10. The molecule has 0 saturated carbocycles. The van der Waals surface area contributed by atoms with E-state index in [0.717, 1.165) is 39.0 Å². The van der Waals surface area contributed by atoms with Gasteiger partial charge in [0.15, 0.2) is 0 Å². The standard InChI is InChI=1S/C16H24FN3O/c1-2-18-11-13-6-8-20(9-7-13)12-16(21)19-15-5-3-4-14(17)10-15/h3-5,10,13,18H,2,6-9,11-12H2,1H3,(H,19,21). The third-order valence-electron chi connectivity index (χ3n) is 3.87. The Balaban J connectivity index is 1.72. The van der Waals surface area contributed by atoms with Crippen molar-refractivity contribution in [3.05, 3.63) is 30.1 Å². The van der Waals surface area contributed by atoms with Crippen molar-refractivity contribution in [2.75, 3.05) is 38.0 Å². The first-order chi connectivity index (χ1) is 10.2. The predicted molar refractivity (Wildman–Crippen MR) is 82.7 cm³/mol. The number of hydrogen-bond acceptors (Lipinski definition) is 3. The summed E-state index contributed by atoms with van der Waals surface area (Å²) in [5.74, 6) is 0.301. The molecule has 0 spiro atoms. The zero-order valence-electron chi connectivity index (χ0n) is 12.6. The van der Waals surface area contributed by atoms with Gasteiger partial charge in [0.1, 0.15) is 5.82 Å². The molecule has 0 bridgehead atoms. The smallest absolute Gasteiger partial charge is 0.238 e. The van der Waals surface area contributed by atoms with Crippen molar-refractivity contribution < 1.29 is 9.18 Å². The second-order valence-corrected chi connectivity index (χ2v) is 5.59. The van der Waals surface area contributed by atoms with Gasteiger partial charge in [-0.25, -0.2) is 4.39 Å². The maximum absolute atomic E-state index is 13.1. The number of nitrogens with zero attached hydrogens (tertiary/aromatic N) is 1. The molecule has 5 heteroatoms. The molecule has 1 aromatic rings. The predicted octanol–water partition coefficient (Wildman–Crippen LogP) is 2.09. The number of nitrogens with one attached hydrogen (secondary N) is 2. The van der Waals surface area contributed by atoms with Crippen molar-refractivity contribution in [1.82, 2.24) is 10.2 Å². The molecule has 0 radical (unpaired) electrons. The number of amides is 1. The first-order valence-corrected chi connectivity index (χ1v) is 7.66. The maximum atomic E-state index is 13.1. The molecule has 1 aliphatic heterocycles. The summed E-state index contributed by atoms with van der Waals surface area (Å²) in [6.45, 7) is 6.48. The van der Waals surface area contributed by atoms with Gasteiger partial charge in [0.05, 0.1) is 6.54 Å². The summed E-state index contributed by atoms with van der Waals surface area (Å²) >= 11 is 0. The van der Waals surface area contributed by atoms with Crippen LogP contribution in [0.4, 0.5) is 10.1 Å². The Kier molecular flexibility index (Phi) is 6.14. The van der Waals surface area contributed by atoms with E-state index in [0.29, 0.717) is 18.2 Å². The molecule has 116 valence electrons. The molecular formula is C16H24FN3O. The van der Waals surface area contributed by atoms with Gasteiger partial charge < -0.3 is 10.6 Å². The molecule has 0 aromatic heterocycles. The van der Waals surface area contributed by atoms with Crippen molar-refractivity contribution in [3.8, 4) is 0 Å². The molecule has 1 heterocycles. The van der Waals surface area contributed by atoms with Crippen LogP contribution in [-0.4, -0.2) is 43.5 Å². The molecule has 1 saturated heterocycles. The fourth-order valence-electron chi connectivity index (χ4n) is 2.67. The van der Waals surface area contributed by atoms with E-state index >= 15 is 0 Å². The van der Waals surface area contributed by atoms with Gasteiger partial charge in [0.2, 0.25) is 5.91 Å². The van der Waals surface area contributed by atoms with Crippen LogP contribution < -0.4 is 10.6 Å². The van der Waals surface area contributed by atoms with E-state index in [1.54, 1.807) is 12.1 Å². The van der Waals surface area contributed by atoms with Crippen LogP contribution in [0.2, 0.25) is 0 Å². The molecule has 2 rings (SSSR count). The van der Waals surface area contributed by atoms with Crippen molar-refractivity contribution in [2.45, 2.75) is 19.8 Å². The number of carbonyl (C=O) groups is 1. The minimum atomic E-state index is -0.336. The zero-order valence-corrected chi connectivity index (χ0v) is 12.6. The van der Waals surface area contributed by atoms with Crippen molar-refractivity contribution in [1.29, 1.82) is 0 Å². The van der Waals surface area contributed by atoms with Crippen LogP contribution in [0.25, 0.3) is 0 Å². The van der Waals surface area contributed by atoms with E-state index in [2.05, 4.69) is 22.5 Å². The highest BCUT2D eigenvalue weighted by Gasteiger charge is 2.20. The summed E-state index contributed by atoms with van der Waals surface area (Å²) in [6, 6.07) is 5.99. The SMILES string of the molecule is CCNCC1CCN(CC(=O)Nc2cccc(F)c2)CC1. The minimum absolute atomic E-state index is 0.0780. The average Bonchev–Trinajstić information content (AvgIpc) is 2.46. The topological polar surface area (TPSA) is 44.4 Å². The summed E-state index contributed by atoms with van der Waals surface area (Å²) in [5, 5.41) is 6.12. The van der Waals surface area contributed by atoms with Gasteiger partial charge in [-0.3, -0.25) is 9.69 Å². The fourth-order valence-corrected chi connectivity index (χ4v) is 2.67. The number of carbonyl (C=O) groups excluding carboxylic acids is 1. The number of rotatable bonds is 6. The van der Waals surface area contributed by atoms with E-state index in [1.807, 2.05) is 0 Å². The second-order valence-electron chi connectivity index (χ2n) is 5.59. The highest BCUT2D eigenvalue weighted by atomic mass is 19.1. The van der Waals surface area contributed by atoms with Crippen molar-refractivity contribution in [2.24, 2.45) is 5.92 Å². The van der Waals surface area contributed by atoms with Gasteiger partial charge in [0, 0.05) is 5.69 Å². The lowest BCUT2D eigenvalue weighted by atomic mass is 9.97. The first kappa shape index (κ1) is 15.9. The van der Waals surface area contributed by atoms with E-state index < -0.39 is 0 Å². The highest BCUT2D eigenvalue weighted by molar-refractivity contribution is 5.92. The van der Waals surface area contributed by atoms with Gasteiger partial charge in [-0.05, 0) is 63.1 Å². The van der Waals surface area contributed by atoms with Crippen LogP contribution in [0.15, 0.2) is 24.3 Å². The zero-order chi connectivity index (χ0) is 15.1. The van der Waals surface area contributed by atoms with Gasteiger partial charge in [-0.15, -0.1) is 0 Å². The molecule has 0 unspecified atom stereocenters. The lowest BCUT2D eigenvalue weighted by molar-refractivity contribution is -0.117. The molecule has 0 aliphatic carbocycles. The summed E-state index contributed by atoms with van der Waals surface area (Å²) in [4.78, 5) is 14.1. The van der Waals surface area contributed by atoms with Gasteiger partial charge >= 0.3 is 0 Å². The van der Waals surface area contributed by atoms with E-state index in [-0.39, 0.29) is 11.7 Å². The van der Waals surface area contributed by atoms with Crippen LogP contribution in [0.1, 0.15) is 19.8 Å². The summed E-state index contributed by atoms with van der Waals surface area (Å²) in [7, 11) is 0. The Bertz CT molecular complexity index is 459. The third kappa shape index (κ3) is 5.44. The summed E-state index contributed by atoms with van der Waals surface area (Å²) < 4.78 is 13.1. The van der Waals surface area contributed by atoms with Crippen LogP contribution in [0.3, 0.4) is 0 Å². The molecule has 1 aromatic carbocycles. The molecule has 1 aliphatic rings. The van der Waals surface area contributed by atoms with Crippen molar-refractivity contribution >= 4 is 11.6 Å². The van der Waals surface area contributed by atoms with Crippen LogP contribution in [0.5, 0.6) is 0 Å². The lowest BCUT2D eigenvalue weighted by Crippen LogP contribution is -2.41. The average molecular weight is 293 g/mol. The molecule has 21 heavy (non-hydrogen) atoms. The molecule has 2 N–H and O–H groups in total. The quantitative estimate of drug-likeness (QED) is 0.844. The van der Waals surface area contributed by atoms with E-state index in [9.17, 15) is 9.18 Å². The van der Waals surface area contributed by atoms with Crippen LogP contribution in [-0.2, 0) is 4.79 Å². The third-order valence-corrected chi connectivity index (χ3v) is 3.87. The summed E-state index contributed by atoms with van der Waals surface area (Å²) in [5.41, 5.74) is 0.516. The number of benzene rings is 1. The Morgan fingerprint density at radius 1 is 1.38 bits per heavy atom. The lowest BCUT2D eigenvalue weighted by Gasteiger charge is -2.31.